The van der Waals surface area contributed by atoms with Gasteiger partial charge in [0.15, 0.2) is 0 Å². The molecule has 3 heteroatoms. The van der Waals surface area contributed by atoms with Gasteiger partial charge < -0.3 is 15.3 Å². The van der Waals surface area contributed by atoms with E-state index in [4.69, 9.17) is 0 Å². The summed E-state index contributed by atoms with van der Waals surface area (Å²) >= 11 is 0. The lowest BCUT2D eigenvalue weighted by molar-refractivity contribution is 0.113. The quantitative estimate of drug-likeness (QED) is 0.601. The molecule has 0 heterocycles. The molecule has 0 aliphatic carbocycles. The molecule has 16 heavy (non-hydrogen) atoms. The number of rotatable bonds is 10. The first-order valence-corrected chi connectivity index (χ1v) is 6.81. The van der Waals surface area contributed by atoms with Crippen LogP contribution in [0.15, 0.2) is 0 Å². The highest BCUT2D eigenvalue weighted by atomic mass is 16.3. The molecule has 0 rings (SSSR count). The molecule has 0 aromatic heterocycles. The molecule has 0 aromatic carbocycles. The van der Waals surface area contributed by atoms with Crippen molar-refractivity contribution < 1.29 is 5.11 Å². The lowest BCUT2D eigenvalue weighted by atomic mass is 10.1. The van der Waals surface area contributed by atoms with Gasteiger partial charge in [-0.25, -0.2) is 0 Å². The van der Waals surface area contributed by atoms with Gasteiger partial charge in [-0.3, -0.25) is 0 Å². The van der Waals surface area contributed by atoms with E-state index in [9.17, 15) is 5.11 Å². The third kappa shape index (κ3) is 7.20. The van der Waals surface area contributed by atoms with Crippen LogP contribution in [0.3, 0.4) is 0 Å². The first-order valence-electron chi connectivity index (χ1n) is 6.81. The van der Waals surface area contributed by atoms with Gasteiger partial charge in [0.05, 0.1) is 6.10 Å². The maximum atomic E-state index is 9.89. The molecule has 2 atom stereocenters. The van der Waals surface area contributed by atoms with E-state index in [-0.39, 0.29) is 6.10 Å². The zero-order chi connectivity index (χ0) is 12.4. The predicted molar refractivity (Wildman–Crippen MR) is 70.8 cm³/mol. The highest BCUT2D eigenvalue weighted by Crippen LogP contribution is 2.01. The lowest BCUT2D eigenvalue weighted by Crippen LogP contribution is -2.41. The molecular weight excluding hydrogens is 200 g/mol. The highest BCUT2D eigenvalue weighted by molar-refractivity contribution is 4.70. The standard InChI is InChI=1S/C13H30N2O/c1-5-9-12(6-2)14-10-13(16)11-15(7-3)8-4/h12-14,16H,5-11H2,1-4H3. The van der Waals surface area contributed by atoms with Crippen LogP contribution in [0.25, 0.3) is 0 Å². The summed E-state index contributed by atoms with van der Waals surface area (Å²) in [5.41, 5.74) is 0. The molecule has 0 saturated carbocycles. The SMILES string of the molecule is CCCC(CC)NCC(O)CN(CC)CC. The molecule has 0 radical (unpaired) electrons. The third-order valence-corrected chi connectivity index (χ3v) is 3.14. The monoisotopic (exact) mass is 230 g/mol. The fourth-order valence-electron chi connectivity index (χ4n) is 1.95. The van der Waals surface area contributed by atoms with E-state index in [1.54, 1.807) is 0 Å². The van der Waals surface area contributed by atoms with Crippen LogP contribution >= 0.6 is 0 Å². The number of aliphatic hydroxyl groups is 1. The normalized spacial score (nSPS) is 15.4. The Balaban J connectivity index is 3.73. The van der Waals surface area contributed by atoms with E-state index in [0.717, 1.165) is 32.6 Å². The van der Waals surface area contributed by atoms with Crippen LogP contribution in [0.4, 0.5) is 0 Å². The summed E-state index contributed by atoms with van der Waals surface area (Å²) in [5, 5.41) is 13.3. The van der Waals surface area contributed by atoms with Crippen LogP contribution in [0.1, 0.15) is 47.0 Å². The third-order valence-electron chi connectivity index (χ3n) is 3.14. The average Bonchev–Trinajstić information content (AvgIpc) is 2.31. The zero-order valence-electron chi connectivity index (χ0n) is 11.5. The zero-order valence-corrected chi connectivity index (χ0v) is 11.5. The van der Waals surface area contributed by atoms with Crippen molar-refractivity contribution in [1.29, 1.82) is 0 Å². The summed E-state index contributed by atoms with van der Waals surface area (Å²) in [7, 11) is 0. The van der Waals surface area contributed by atoms with Gasteiger partial charge in [0.25, 0.3) is 0 Å². The Hall–Kier alpha value is -0.120. The van der Waals surface area contributed by atoms with E-state index < -0.39 is 0 Å². The number of nitrogens with zero attached hydrogens (tertiary/aromatic N) is 1. The molecule has 0 aromatic rings. The first kappa shape index (κ1) is 15.9. The van der Waals surface area contributed by atoms with Gasteiger partial charge in [0.1, 0.15) is 0 Å². The van der Waals surface area contributed by atoms with Crippen LogP contribution in [-0.4, -0.2) is 48.3 Å². The molecule has 3 nitrogen and oxygen atoms in total. The fraction of sp³-hybridized carbons (Fsp3) is 1.00. The minimum Gasteiger partial charge on any atom is -0.390 e. The Morgan fingerprint density at radius 1 is 1.12 bits per heavy atom. The van der Waals surface area contributed by atoms with Gasteiger partial charge in [-0.05, 0) is 25.9 Å². The maximum absolute atomic E-state index is 9.89. The predicted octanol–water partition coefficient (Wildman–Crippen LogP) is 1.86. The van der Waals surface area contributed by atoms with E-state index in [1.807, 2.05) is 0 Å². The van der Waals surface area contributed by atoms with Crippen molar-refractivity contribution >= 4 is 0 Å². The number of nitrogens with one attached hydrogen (secondary N) is 1. The smallest absolute Gasteiger partial charge is 0.0791 e. The van der Waals surface area contributed by atoms with E-state index in [0.29, 0.717) is 6.04 Å². The van der Waals surface area contributed by atoms with Crippen molar-refractivity contribution in [2.45, 2.75) is 59.1 Å². The Labute approximate surface area is 101 Å². The van der Waals surface area contributed by atoms with Crippen LogP contribution in [0.5, 0.6) is 0 Å². The molecule has 0 saturated heterocycles. The van der Waals surface area contributed by atoms with Crippen LogP contribution in [0.2, 0.25) is 0 Å². The molecule has 0 aliphatic rings. The topological polar surface area (TPSA) is 35.5 Å². The molecule has 0 bridgehead atoms. The molecule has 2 N–H and O–H groups in total. The van der Waals surface area contributed by atoms with Crippen LogP contribution in [-0.2, 0) is 0 Å². The second-order valence-corrected chi connectivity index (χ2v) is 4.44. The number of aliphatic hydroxyl groups excluding tert-OH is 1. The van der Waals surface area contributed by atoms with Crippen molar-refractivity contribution in [2.75, 3.05) is 26.2 Å². The van der Waals surface area contributed by atoms with E-state index in [1.165, 1.54) is 12.8 Å². The van der Waals surface area contributed by atoms with Gasteiger partial charge in [0.2, 0.25) is 0 Å². The number of likely N-dealkylation sites (N-methyl/N-ethyl adjacent to an activating group) is 1. The van der Waals surface area contributed by atoms with Crippen molar-refractivity contribution in [1.82, 2.24) is 10.2 Å². The number of hydrogen-bond donors (Lipinski definition) is 2. The minimum absolute atomic E-state index is 0.245. The Kier molecular flexibility index (Phi) is 9.99. The number of hydrogen-bond acceptors (Lipinski definition) is 3. The molecule has 0 fully saturated rings. The summed E-state index contributed by atoms with van der Waals surface area (Å²) in [6.07, 6.45) is 3.31. The molecule has 0 aliphatic heterocycles. The maximum Gasteiger partial charge on any atom is 0.0791 e. The van der Waals surface area contributed by atoms with Gasteiger partial charge in [-0.1, -0.05) is 34.1 Å². The van der Waals surface area contributed by atoms with Gasteiger partial charge >= 0.3 is 0 Å². The summed E-state index contributed by atoms with van der Waals surface area (Å²) in [6.45, 7) is 12.2. The van der Waals surface area contributed by atoms with Gasteiger partial charge in [-0.2, -0.15) is 0 Å². The van der Waals surface area contributed by atoms with Crippen LogP contribution in [0, 0.1) is 0 Å². The Morgan fingerprint density at radius 2 is 1.75 bits per heavy atom. The molecule has 0 amide bonds. The van der Waals surface area contributed by atoms with E-state index >= 15 is 0 Å². The Morgan fingerprint density at radius 3 is 2.19 bits per heavy atom. The fourth-order valence-corrected chi connectivity index (χ4v) is 1.95. The molecule has 2 unspecified atom stereocenters. The highest BCUT2D eigenvalue weighted by Gasteiger charge is 2.11. The molecular formula is C13H30N2O. The van der Waals surface area contributed by atoms with Gasteiger partial charge in [-0.15, -0.1) is 0 Å². The summed E-state index contributed by atoms with van der Waals surface area (Å²) in [6, 6.07) is 0.566. The average molecular weight is 230 g/mol. The molecule has 98 valence electrons. The molecule has 0 spiro atoms. The lowest BCUT2D eigenvalue weighted by Gasteiger charge is -2.24. The largest absolute Gasteiger partial charge is 0.390 e. The van der Waals surface area contributed by atoms with Crippen molar-refractivity contribution in [2.24, 2.45) is 0 Å². The van der Waals surface area contributed by atoms with Crippen molar-refractivity contribution in [3.8, 4) is 0 Å². The summed E-state index contributed by atoms with van der Waals surface area (Å²) < 4.78 is 0. The van der Waals surface area contributed by atoms with Crippen LogP contribution < -0.4 is 5.32 Å². The summed E-state index contributed by atoms with van der Waals surface area (Å²) in [4.78, 5) is 2.26. The van der Waals surface area contributed by atoms with Crippen molar-refractivity contribution in [3.63, 3.8) is 0 Å². The van der Waals surface area contributed by atoms with Crippen molar-refractivity contribution in [3.05, 3.63) is 0 Å². The second kappa shape index (κ2) is 10.1. The second-order valence-electron chi connectivity index (χ2n) is 4.44. The van der Waals surface area contributed by atoms with Gasteiger partial charge in [0, 0.05) is 19.1 Å². The van der Waals surface area contributed by atoms with E-state index in [2.05, 4.69) is 37.9 Å². The summed E-state index contributed by atoms with van der Waals surface area (Å²) in [5.74, 6) is 0. The first-order chi connectivity index (χ1) is 7.67. The Bertz CT molecular complexity index is 149. The minimum atomic E-state index is -0.245.